The fourth-order valence-corrected chi connectivity index (χ4v) is 1.55. The fraction of sp³-hybridized carbons (Fsp3) is 0. The molecule has 0 aliphatic carbocycles. The molecule has 1 N–H and O–H groups in total. The third-order valence-corrected chi connectivity index (χ3v) is 2.42. The number of benzene rings is 2. The number of rotatable bonds is 2. The lowest BCUT2D eigenvalue weighted by molar-refractivity contribution is 0.102. The van der Waals surface area contributed by atoms with E-state index in [1.54, 1.807) is 0 Å². The predicted molar refractivity (Wildman–Crippen MR) is 69.0 cm³/mol. The first kappa shape index (κ1) is 10.5. The van der Waals surface area contributed by atoms with Gasteiger partial charge in [0.1, 0.15) is 7.85 Å². The molecule has 0 radical (unpaired) electrons. The third-order valence-electron chi connectivity index (χ3n) is 2.42. The Bertz CT molecular complexity index is 496. The van der Waals surface area contributed by atoms with Gasteiger partial charge in [-0.3, -0.25) is 4.79 Å². The van der Waals surface area contributed by atoms with Crippen molar-refractivity contribution in [1.29, 1.82) is 0 Å². The molecule has 0 spiro atoms. The molecular weight excluding hydrogens is 197 g/mol. The number of anilines is 1. The number of carbonyl (C=O) groups excluding carboxylic acids is 1. The summed E-state index contributed by atoms with van der Waals surface area (Å²) in [6.07, 6.45) is 0. The Morgan fingerprint density at radius 1 is 0.938 bits per heavy atom. The van der Waals surface area contributed by atoms with Crippen molar-refractivity contribution in [2.75, 3.05) is 5.32 Å². The number of hydrogen-bond acceptors (Lipinski definition) is 1. The standard InChI is InChI=1S/C13H12BNO/c14-12-9-5-4-8-11(12)13(16)15-10-6-2-1-3-7-10/h1-9H,14H2,(H,15,16). The zero-order valence-corrected chi connectivity index (χ0v) is 9.10. The molecule has 0 fully saturated rings. The van der Waals surface area contributed by atoms with E-state index >= 15 is 0 Å². The quantitative estimate of drug-likeness (QED) is 0.739. The smallest absolute Gasteiger partial charge is 0.255 e. The van der Waals surface area contributed by atoms with E-state index in [0.717, 1.165) is 11.2 Å². The molecule has 0 aromatic heterocycles. The highest BCUT2D eigenvalue weighted by Gasteiger charge is 2.07. The zero-order chi connectivity index (χ0) is 11.4. The monoisotopic (exact) mass is 209 g/mol. The molecule has 2 aromatic carbocycles. The first-order valence-electron chi connectivity index (χ1n) is 5.19. The van der Waals surface area contributed by atoms with Crippen LogP contribution >= 0.6 is 0 Å². The Morgan fingerprint density at radius 2 is 1.56 bits per heavy atom. The lowest BCUT2D eigenvalue weighted by Gasteiger charge is -2.07. The van der Waals surface area contributed by atoms with Crippen LogP contribution in [-0.2, 0) is 0 Å². The summed E-state index contributed by atoms with van der Waals surface area (Å²) in [6, 6.07) is 17.0. The van der Waals surface area contributed by atoms with Crippen molar-refractivity contribution in [3.63, 3.8) is 0 Å². The molecule has 0 aliphatic heterocycles. The highest BCUT2D eigenvalue weighted by Crippen LogP contribution is 2.07. The molecule has 2 rings (SSSR count). The molecule has 78 valence electrons. The van der Waals surface area contributed by atoms with Crippen molar-refractivity contribution in [3.8, 4) is 0 Å². The molecule has 0 atom stereocenters. The summed E-state index contributed by atoms with van der Waals surface area (Å²) in [5.41, 5.74) is 2.51. The average molecular weight is 209 g/mol. The van der Waals surface area contributed by atoms with Gasteiger partial charge in [0.05, 0.1) is 0 Å². The Kier molecular flexibility index (Phi) is 3.06. The Balaban J connectivity index is 2.19. The van der Waals surface area contributed by atoms with Crippen molar-refractivity contribution < 1.29 is 4.79 Å². The highest BCUT2D eigenvalue weighted by atomic mass is 16.1. The topological polar surface area (TPSA) is 29.1 Å². The van der Waals surface area contributed by atoms with Crippen LogP contribution < -0.4 is 10.8 Å². The van der Waals surface area contributed by atoms with Crippen LogP contribution in [-0.4, -0.2) is 13.8 Å². The molecule has 2 aromatic rings. The van der Waals surface area contributed by atoms with Gasteiger partial charge in [0.25, 0.3) is 5.91 Å². The lowest BCUT2D eigenvalue weighted by atomic mass is 9.90. The maximum absolute atomic E-state index is 11.9. The van der Waals surface area contributed by atoms with Gasteiger partial charge in [-0.15, -0.1) is 0 Å². The SMILES string of the molecule is Bc1ccccc1C(=O)Nc1ccccc1. The van der Waals surface area contributed by atoms with Crippen molar-refractivity contribution in [2.45, 2.75) is 0 Å². The Morgan fingerprint density at radius 3 is 2.25 bits per heavy atom. The minimum Gasteiger partial charge on any atom is -0.322 e. The Labute approximate surface area is 95.7 Å². The Hall–Kier alpha value is -2.03. The van der Waals surface area contributed by atoms with Crippen molar-refractivity contribution >= 4 is 24.9 Å². The van der Waals surface area contributed by atoms with Gasteiger partial charge in [0, 0.05) is 11.3 Å². The predicted octanol–water partition coefficient (Wildman–Crippen LogP) is 1.20. The van der Waals surface area contributed by atoms with E-state index in [0.29, 0.717) is 5.56 Å². The molecule has 0 heterocycles. The van der Waals surface area contributed by atoms with Gasteiger partial charge in [-0.05, 0) is 12.1 Å². The van der Waals surface area contributed by atoms with Crippen LogP contribution in [0.15, 0.2) is 54.6 Å². The second-order valence-corrected chi connectivity index (χ2v) is 3.64. The maximum atomic E-state index is 11.9. The van der Waals surface area contributed by atoms with Gasteiger partial charge in [-0.2, -0.15) is 0 Å². The summed E-state index contributed by atoms with van der Waals surface area (Å²) in [4.78, 5) is 11.9. The summed E-state index contributed by atoms with van der Waals surface area (Å²) in [5, 5.41) is 2.86. The molecule has 16 heavy (non-hydrogen) atoms. The molecule has 0 aliphatic rings. The van der Waals surface area contributed by atoms with Crippen LogP contribution in [0.2, 0.25) is 0 Å². The normalized spacial score (nSPS) is 9.75. The molecule has 1 amide bonds. The summed E-state index contributed by atoms with van der Waals surface area (Å²) in [6.45, 7) is 0. The van der Waals surface area contributed by atoms with Crippen LogP contribution in [0, 0.1) is 0 Å². The molecule has 0 unspecified atom stereocenters. The molecular formula is C13H12BNO. The van der Waals surface area contributed by atoms with Gasteiger partial charge in [-0.25, -0.2) is 0 Å². The highest BCUT2D eigenvalue weighted by molar-refractivity contribution is 6.37. The van der Waals surface area contributed by atoms with Crippen LogP contribution in [0.4, 0.5) is 5.69 Å². The molecule has 0 saturated carbocycles. The van der Waals surface area contributed by atoms with Crippen LogP contribution in [0.5, 0.6) is 0 Å². The van der Waals surface area contributed by atoms with Gasteiger partial charge in [0.15, 0.2) is 0 Å². The summed E-state index contributed by atoms with van der Waals surface area (Å²) in [7, 11) is 1.93. The van der Waals surface area contributed by atoms with Gasteiger partial charge in [-0.1, -0.05) is 47.9 Å². The summed E-state index contributed by atoms with van der Waals surface area (Å²) in [5.74, 6) is -0.0655. The second-order valence-electron chi connectivity index (χ2n) is 3.64. The van der Waals surface area contributed by atoms with Crippen molar-refractivity contribution in [3.05, 3.63) is 60.2 Å². The summed E-state index contributed by atoms with van der Waals surface area (Å²) >= 11 is 0. The lowest BCUT2D eigenvalue weighted by Crippen LogP contribution is -2.21. The van der Waals surface area contributed by atoms with E-state index in [4.69, 9.17) is 0 Å². The summed E-state index contributed by atoms with van der Waals surface area (Å²) < 4.78 is 0. The first-order valence-corrected chi connectivity index (χ1v) is 5.19. The number of nitrogens with one attached hydrogen (secondary N) is 1. The van der Waals surface area contributed by atoms with E-state index in [9.17, 15) is 4.79 Å². The second kappa shape index (κ2) is 4.66. The van der Waals surface area contributed by atoms with Crippen LogP contribution in [0.1, 0.15) is 10.4 Å². The number of amides is 1. The third kappa shape index (κ3) is 2.31. The molecule has 2 nitrogen and oxygen atoms in total. The van der Waals surface area contributed by atoms with Gasteiger partial charge in [0.2, 0.25) is 0 Å². The molecule has 0 bridgehead atoms. The van der Waals surface area contributed by atoms with E-state index in [1.807, 2.05) is 62.4 Å². The van der Waals surface area contributed by atoms with E-state index < -0.39 is 0 Å². The number of para-hydroxylation sites is 1. The molecule has 0 saturated heterocycles. The van der Waals surface area contributed by atoms with Crippen molar-refractivity contribution in [1.82, 2.24) is 0 Å². The zero-order valence-electron chi connectivity index (χ0n) is 9.10. The first-order chi connectivity index (χ1) is 7.77. The van der Waals surface area contributed by atoms with E-state index in [-0.39, 0.29) is 5.91 Å². The van der Waals surface area contributed by atoms with Gasteiger partial charge < -0.3 is 5.32 Å². The minimum atomic E-state index is -0.0655. The fourth-order valence-electron chi connectivity index (χ4n) is 1.55. The molecule has 3 heteroatoms. The largest absolute Gasteiger partial charge is 0.322 e. The van der Waals surface area contributed by atoms with E-state index in [1.165, 1.54) is 0 Å². The average Bonchev–Trinajstić information content (AvgIpc) is 2.31. The minimum absolute atomic E-state index is 0.0655. The maximum Gasteiger partial charge on any atom is 0.255 e. The van der Waals surface area contributed by atoms with Crippen molar-refractivity contribution in [2.24, 2.45) is 0 Å². The van der Waals surface area contributed by atoms with Crippen LogP contribution in [0.25, 0.3) is 0 Å². The number of carbonyl (C=O) groups is 1. The van der Waals surface area contributed by atoms with Crippen LogP contribution in [0.3, 0.4) is 0 Å². The number of hydrogen-bond donors (Lipinski definition) is 1. The van der Waals surface area contributed by atoms with Gasteiger partial charge >= 0.3 is 0 Å². The van der Waals surface area contributed by atoms with E-state index in [2.05, 4.69) is 5.32 Å².